The summed E-state index contributed by atoms with van der Waals surface area (Å²) in [6.07, 6.45) is 2.07. The fourth-order valence-corrected chi connectivity index (χ4v) is 15.7. The van der Waals surface area contributed by atoms with Gasteiger partial charge in [-0.05, 0) is 83.9 Å². The van der Waals surface area contributed by atoms with Crippen LogP contribution in [0.5, 0.6) is 0 Å². The summed E-state index contributed by atoms with van der Waals surface area (Å²) in [5, 5.41) is 8.59. The fraction of sp³-hybridized carbons (Fsp3) is 0.0400. The van der Waals surface area contributed by atoms with E-state index in [1.807, 2.05) is 56.4 Å². The van der Waals surface area contributed by atoms with Gasteiger partial charge < -0.3 is 0 Å². The second-order valence-corrected chi connectivity index (χ2v) is 38.3. The maximum absolute atomic E-state index is 9.16. The van der Waals surface area contributed by atoms with Crippen molar-refractivity contribution >= 4 is 103 Å². The first kappa shape index (κ1) is 63.2. The monoisotopic (exact) mass is 1440 g/mol. The van der Waals surface area contributed by atoms with Crippen LogP contribution in [0, 0.1) is 0 Å². The summed E-state index contributed by atoms with van der Waals surface area (Å²) >= 11 is -10.1. The van der Waals surface area contributed by atoms with Gasteiger partial charge in [0.25, 0.3) is 0 Å². The molecule has 12 nitrogen and oxygen atoms in total. The molecule has 0 aliphatic rings. The quantitative estimate of drug-likeness (QED) is 0.0966. The first-order chi connectivity index (χ1) is 33.8. The van der Waals surface area contributed by atoms with E-state index in [1.165, 1.54) is 43.0 Å². The number of benzene rings is 8. The van der Waals surface area contributed by atoms with E-state index in [1.54, 1.807) is 0 Å². The van der Waals surface area contributed by atoms with E-state index in [2.05, 4.69) is 243 Å². The van der Waals surface area contributed by atoms with E-state index in [0.29, 0.717) is 0 Å². The zero-order valence-electron chi connectivity index (χ0n) is 37.4. The third kappa shape index (κ3) is 25.4. The zero-order chi connectivity index (χ0) is 53.3. The average molecular weight is 1440 g/mol. The largest absolute Gasteiger partial charge is 0.116 e. The molecule has 22 heteroatoms. The third-order valence-corrected chi connectivity index (χ3v) is 18.5. The first-order valence-corrected chi connectivity index (χ1v) is 41.9. The van der Waals surface area contributed by atoms with Gasteiger partial charge in [-0.1, -0.05) is 170 Å². The van der Waals surface area contributed by atoms with Crippen molar-refractivity contribution in [1.82, 2.24) is 0 Å². The summed E-state index contributed by atoms with van der Waals surface area (Å²) in [7, 11) is -3.55. The van der Waals surface area contributed by atoms with Gasteiger partial charge in [-0.3, -0.25) is 0 Å². The minimum atomic E-state index is -4.56. The van der Waals surface area contributed by atoms with Crippen molar-refractivity contribution in [3.8, 4) is 0 Å². The van der Waals surface area contributed by atoms with Crippen LogP contribution in [0.3, 0.4) is 0 Å². The Balaban J connectivity index is 0.000000277. The maximum atomic E-state index is 9.16. The normalized spacial score (nSPS) is 11.3. The van der Waals surface area contributed by atoms with E-state index in [4.69, 9.17) is 47.4 Å². The molecule has 8 rings (SSSR count). The molecule has 0 amide bonds. The Kier molecular flexibility index (Phi) is 27.2. The Hall–Kier alpha value is -3.14. The SMILES string of the molecule is [O]=[Mn](=[O])([O-])[Br].[O]=[Mn](=[O])([O-])[Br].[O]=[Mn](=[O])([OH])[Br].[O]=[Mn](=[O])([OH])[Br].c1ccc(C[P+](c2ccccc2)(c2ccccc2)c2ccccc2)cc1.c1ccc(C[P+](c2ccccc2)(c2ccccc2)c2ccccc2)cc1. The molecule has 0 saturated heterocycles. The molecular formula is C50H46Br4Mn4O12P2. The Morgan fingerprint density at radius 1 is 0.292 bits per heavy atom. The molecular weight excluding hydrogens is 1390 g/mol. The van der Waals surface area contributed by atoms with Crippen molar-refractivity contribution in [2.75, 3.05) is 0 Å². The van der Waals surface area contributed by atoms with Crippen molar-refractivity contribution in [2.24, 2.45) is 0 Å². The molecule has 72 heavy (non-hydrogen) atoms. The number of halogens is 4. The summed E-state index contributed by atoms with van der Waals surface area (Å²) in [5.74, 6) is 0. The minimum absolute atomic E-state index is 1.03. The summed E-state index contributed by atoms with van der Waals surface area (Å²) in [6.45, 7) is 0. The van der Waals surface area contributed by atoms with E-state index in [-0.39, 0.29) is 0 Å². The van der Waals surface area contributed by atoms with E-state index >= 15 is 0 Å². The smallest absolute Gasteiger partial charge is 0.0622 e. The Morgan fingerprint density at radius 3 is 0.528 bits per heavy atom. The van der Waals surface area contributed by atoms with Gasteiger partial charge in [-0.15, -0.1) is 0 Å². The molecule has 8 aromatic carbocycles. The molecule has 0 saturated carbocycles. The molecule has 0 atom stereocenters. The Bertz CT molecular complexity index is 2750. The molecule has 0 spiro atoms. The summed E-state index contributed by atoms with van der Waals surface area (Å²) < 4.78 is 106. The molecule has 0 aliphatic carbocycles. The summed E-state index contributed by atoms with van der Waals surface area (Å²) in [5.41, 5.74) is 2.77. The van der Waals surface area contributed by atoms with Crippen LogP contribution in [0.1, 0.15) is 11.1 Å². The Labute approximate surface area is 456 Å². The molecule has 0 heterocycles. The van der Waals surface area contributed by atoms with Gasteiger partial charge in [0.05, 0.1) is 12.3 Å². The van der Waals surface area contributed by atoms with E-state index < -0.39 is 59.4 Å². The molecule has 0 bridgehead atoms. The number of hydrogen-bond donors (Lipinski definition) is 2. The average Bonchev–Trinajstić information content (AvgIpc) is 3.33. The van der Waals surface area contributed by atoms with Crippen molar-refractivity contribution in [2.45, 2.75) is 12.3 Å². The maximum Gasteiger partial charge on any atom is 0.116 e. The summed E-state index contributed by atoms with van der Waals surface area (Å²) in [4.78, 5) is 0. The zero-order valence-corrected chi connectivity index (χ0v) is 50.3. The van der Waals surface area contributed by atoms with Crippen LogP contribution in [0.25, 0.3) is 0 Å². The van der Waals surface area contributed by atoms with Crippen LogP contribution in [-0.4, -0.2) is 8.38 Å². The second-order valence-electron chi connectivity index (χ2n) is 14.4. The topological polar surface area (TPSA) is 223 Å². The van der Waals surface area contributed by atoms with Gasteiger partial charge in [0.2, 0.25) is 0 Å². The van der Waals surface area contributed by atoms with Gasteiger partial charge in [-0.2, -0.15) is 0 Å². The van der Waals surface area contributed by atoms with Gasteiger partial charge in [0, 0.05) is 0 Å². The predicted octanol–water partition coefficient (Wildman–Crippen LogP) is 9.29. The van der Waals surface area contributed by atoms with Crippen molar-refractivity contribution in [1.29, 1.82) is 0 Å². The van der Waals surface area contributed by atoms with Crippen LogP contribution >= 0.6 is 71.0 Å². The number of hydrogen-bond acceptors (Lipinski definition) is 10. The van der Waals surface area contributed by atoms with Crippen molar-refractivity contribution < 1.29 is 92.4 Å². The van der Waals surface area contributed by atoms with Crippen LogP contribution < -0.4 is 40.2 Å². The summed E-state index contributed by atoms with van der Waals surface area (Å²) in [6, 6.07) is 88.1. The molecule has 8 aromatic rings. The third-order valence-electron chi connectivity index (χ3n) is 9.71. The molecule has 0 aliphatic heterocycles. The standard InChI is InChI=1S/2C25H22P.4BrH.4Mn.2H2O.10O/c2*1-5-13-22(14-6-1)21-26(23-15-7-2-8-16-23,24-17-9-3-10-18-24)25-19-11-4-12-20-25;;;;;;;;;;;;;;;;;;;;/h2*1-20H,21H2;4*1H;;;;;2*1H2;;;;;;;;;;/q2*+1;;;;;2*+1;2*+2;;;;;;;;;;;2*-1/p-6. The molecule has 384 valence electrons. The molecule has 0 aromatic heterocycles. The van der Waals surface area contributed by atoms with Gasteiger partial charge in [0.15, 0.2) is 0 Å². The molecule has 0 radical (unpaired) electrons. The van der Waals surface area contributed by atoms with E-state index in [9.17, 15) is 0 Å². The fourth-order valence-electron chi connectivity index (χ4n) is 7.25. The first-order valence-electron chi connectivity index (χ1n) is 20.4. The molecule has 0 fully saturated rings. The van der Waals surface area contributed by atoms with Gasteiger partial charge in [-0.25, -0.2) is 0 Å². The predicted molar refractivity (Wildman–Crippen MR) is 276 cm³/mol. The van der Waals surface area contributed by atoms with Crippen LogP contribution in [0.2, 0.25) is 0 Å². The van der Waals surface area contributed by atoms with Gasteiger partial charge in [0.1, 0.15) is 46.4 Å². The van der Waals surface area contributed by atoms with Crippen molar-refractivity contribution in [3.63, 3.8) is 0 Å². The van der Waals surface area contributed by atoms with Crippen LogP contribution in [0.15, 0.2) is 243 Å². The van der Waals surface area contributed by atoms with Gasteiger partial charge >= 0.3 is 149 Å². The second kappa shape index (κ2) is 31.0. The Morgan fingerprint density at radius 2 is 0.403 bits per heavy atom. The van der Waals surface area contributed by atoms with Crippen molar-refractivity contribution in [3.05, 3.63) is 254 Å². The van der Waals surface area contributed by atoms with E-state index in [0.717, 1.165) is 12.3 Å². The minimum Gasteiger partial charge on any atom is -0.0622 e. The van der Waals surface area contributed by atoms with Crippen LogP contribution in [0.4, 0.5) is 0 Å². The number of rotatable bonds is 10. The van der Waals surface area contributed by atoms with Crippen LogP contribution in [-0.2, 0) is 87.9 Å². The molecule has 2 N–H and O–H groups in total. The molecule has 0 unspecified atom stereocenters.